The number of amides is 2. The van der Waals surface area contributed by atoms with Crippen LogP contribution >= 0.6 is 0 Å². The third-order valence-electron chi connectivity index (χ3n) is 6.57. The lowest BCUT2D eigenvalue weighted by Gasteiger charge is -2.12. The number of fused-ring (bicyclic) bond motifs is 1. The molecule has 41 heavy (non-hydrogen) atoms. The van der Waals surface area contributed by atoms with Crippen molar-refractivity contribution < 1.29 is 9.59 Å². The molecule has 0 saturated carbocycles. The first kappa shape index (κ1) is 27.1. The van der Waals surface area contributed by atoms with Gasteiger partial charge in [-0.1, -0.05) is 18.2 Å². The van der Waals surface area contributed by atoms with Gasteiger partial charge < -0.3 is 20.1 Å². The average Bonchev–Trinajstić information content (AvgIpc) is 3.41. The molecule has 0 saturated heterocycles. The molecule has 2 amide bonds. The maximum absolute atomic E-state index is 12.7. The Morgan fingerprint density at radius 2 is 1.41 bits per heavy atom. The number of rotatable bonds is 8. The summed E-state index contributed by atoms with van der Waals surface area (Å²) in [6.45, 7) is 0. The summed E-state index contributed by atoms with van der Waals surface area (Å²) in [6.07, 6.45) is 1.59. The second kappa shape index (κ2) is 11.7. The Morgan fingerprint density at radius 3 is 2.05 bits per heavy atom. The molecule has 0 radical (unpaired) electrons. The van der Waals surface area contributed by atoms with Gasteiger partial charge in [-0.25, -0.2) is 10.4 Å². The van der Waals surface area contributed by atoms with Crippen LogP contribution in [0.4, 0.5) is 17.1 Å². The number of hydrogen-bond donors (Lipinski definition) is 3. The molecule has 9 nitrogen and oxygen atoms in total. The van der Waals surface area contributed by atoms with Gasteiger partial charge in [-0.05, 0) is 78.4 Å². The van der Waals surface area contributed by atoms with Gasteiger partial charge in [-0.2, -0.15) is 5.10 Å². The van der Waals surface area contributed by atoms with Gasteiger partial charge in [0.05, 0.1) is 17.2 Å². The van der Waals surface area contributed by atoms with Crippen molar-refractivity contribution in [1.29, 1.82) is 0 Å². The maximum atomic E-state index is 12.7. The van der Waals surface area contributed by atoms with Crippen LogP contribution in [0.25, 0.3) is 22.4 Å². The number of hydrogen-bond acceptors (Lipinski definition) is 6. The fourth-order valence-electron chi connectivity index (χ4n) is 4.24. The molecule has 9 heteroatoms. The van der Waals surface area contributed by atoms with Crippen LogP contribution in [0.2, 0.25) is 0 Å². The fourth-order valence-corrected chi connectivity index (χ4v) is 4.24. The van der Waals surface area contributed by atoms with E-state index in [0.717, 1.165) is 33.5 Å². The van der Waals surface area contributed by atoms with Crippen molar-refractivity contribution in [3.05, 3.63) is 108 Å². The van der Waals surface area contributed by atoms with Crippen molar-refractivity contribution in [3.8, 4) is 11.4 Å². The minimum absolute atomic E-state index is 0.185. The minimum atomic E-state index is -0.284. The highest BCUT2D eigenvalue weighted by Crippen LogP contribution is 2.24. The second-order valence-corrected chi connectivity index (χ2v) is 9.98. The van der Waals surface area contributed by atoms with E-state index in [1.54, 1.807) is 30.5 Å². The van der Waals surface area contributed by atoms with E-state index in [4.69, 9.17) is 4.98 Å². The third-order valence-corrected chi connectivity index (χ3v) is 6.57. The molecule has 5 rings (SSSR count). The molecule has 3 N–H and O–H groups in total. The summed E-state index contributed by atoms with van der Waals surface area (Å²) >= 11 is 0. The van der Waals surface area contributed by atoms with Gasteiger partial charge in [0, 0.05) is 61.9 Å². The zero-order valence-corrected chi connectivity index (χ0v) is 23.3. The lowest BCUT2D eigenvalue weighted by Crippen LogP contribution is -2.17. The normalized spacial score (nSPS) is 11.0. The smallest absolute Gasteiger partial charge is 0.271 e. The summed E-state index contributed by atoms with van der Waals surface area (Å²) < 4.78 is 0. The number of anilines is 3. The van der Waals surface area contributed by atoms with Crippen molar-refractivity contribution in [2.24, 2.45) is 5.10 Å². The van der Waals surface area contributed by atoms with Crippen LogP contribution in [0.3, 0.4) is 0 Å². The SMILES string of the molecule is CN(C)c1ccc(C(=O)NN=Cc2cccc(-c3nc4cc(NC(=O)c5ccc(N(C)C)cc5)ccc4[nH]3)c2)cc1. The van der Waals surface area contributed by atoms with Crippen molar-refractivity contribution in [2.75, 3.05) is 43.3 Å². The van der Waals surface area contributed by atoms with Crippen LogP contribution in [0.15, 0.2) is 96.1 Å². The highest BCUT2D eigenvalue weighted by atomic mass is 16.2. The van der Waals surface area contributed by atoms with Gasteiger partial charge in [0.15, 0.2) is 0 Å². The van der Waals surface area contributed by atoms with E-state index in [1.165, 1.54) is 0 Å². The molecular weight excluding hydrogens is 514 g/mol. The molecule has 5 aromatic rings. The van der Waals surface area contributed by atoms with Gasteiger partial charge in [-0.15, -0.1) is 0 Å². The van der Waals surface area contributed by atoms with Gasteiger partial charge in [0.2, 0.25) is 0 Å². The number of nitrogens with zero attached hydrogens (tertiary/aromatic N) is 4. The first-order valence-electron chi connectivity index (χ1n) is 13.1. The number of aromatic amines is 1. The molecule has 0 aliphatic heterocycles. The lowest BCUT2D eigenvalue weighted by atomic mass is 10.1. The number of carbonyl (C=O) groups excluding carboxylic acids is 2. The van der Waals surface area contributed by atoms with Gasteiger partial charge in [-0.3, -0.25) is 9.59 Å². The number of hydrazone groups is 1. The molecule has 0 aliphatic rings. The van der Waals surface area contributed by atoms with Crippen molar-refractivity contribution >= 4 is 46.1 Å². The number of carbonyl (C=O) groups is 2. The van der Waals surface area contributed by atoms with E-state index in [2.05, 4.69) is 20.8 Å². The molecule has 1 aromatic heterocycles. The summed E-state index contributed by atoms with van der Waals surface area (Å²) in [5, 5.41) is 7.07. The maximum Gasteiger partial charge on any atom is 0.271 e. The zero-order valence-electron chi connectivity index (χ0n) is 23.3. The highest BCUT2D eigenvalue weighted by molar-refractivity contribution is 6.05. The number of aromatic nitrogens is 2. The minimum Gasteiger partial charge on any atom is -0.378 e. The molecule has 4 aromatic carbocycles. The number of benzene rings is 4. The number of H-pyrrole nitrogens is 1. The summed E-state index contributed by atoms with van der Waals surface area (Å²) in [5.74, 6) is 0.214. The molecule has 0 bridgehead atoms. The van der Waals surface area contributed by atoms with Crippen LogP contribution in [-0.2, 0) is 0 Å². The topological polar surface area (TPSA) is 106 Å². The summed E-state index contributed by atoms with van der Waals surface area (Å²) in [5.41, 5.74) is 9.62. The van der Waals surface area contributed by atoms with Crippen LogP contribution in [0, 0.1) is 0 Å². The third kappa shape index (κ3) is 6.42. The van der Waals surface area contributed by atoms with E-state index in [-0.39, 0.29) is 11.8 Å². The molecule has 0 spiro atoms. The Morgan fingerprint density at radius 1 is 0.780 bits per heavy atom. The monoisotopic (exact) mass is 545 g/mol. The Labute approximate surface area is 238 Å². The molecule has 206 valence electrons. The van der Waals surface area contributed by atoms with Crippen molar-refractivity contribution in [2.45, 2.75) is 0 Å². The zero-order chi connectivity index (χ0) is 28.9. The van der Waals surface area contributed by atoms with Crippen LogP contribution in [0.1, 0.15) is 26.3 Å². The van der Waals surface area contributed by atoms with Gasteiger partial charge in [0.25, 0.3) is 11.8 Å². The number of imidazole rings is 1. The van der Waals surface area contributed by atoms with Crippen LogP contribution in [-0.4, -0.2) is 56.2 Å². The van der Waals surface area contributed by atoms with E-state index < -0.39 is 0 Å². The summed E-state index contributed by atoms with van der Waals surface area (Å²) in [7, 11) is 7.81. The van der Waals surface area contributed by atoms with E-state index in [1.807, 2.05) is 105 Å². The van der Waals surface area contributed by atoms with E-state index >= 15 is 0 Å². The molecule has 0 atom stereocenters. The lowest BCUT2D eigenvalue weighted by molar-refractivity contribution is 0.0954. The quantitative estimate of drug-likeness (QED) is 0.179. The highest BCUT2D eigenvalue weighted by Gasteiger charge is 2.10. The predicted molar refractivity (Wildman–Crippen MR) is 166 cm³/mol. The Balaban J connectivity index is 1.25. The van der Waals surface area contributed by atoms with E-state index in [9.17, 15) is 9.59 Å². The Bertz CT molecular complexity index is 1720. The fraction of sp³-hybridized carbons (Fsp3) is 0.125. The summed E-state index contributed by atoms with van der Waals surface area (Å²) in [6, 6.07) is 28.0. The predicted octanol–water partition coefficient (Wildman–Crippen LogP) is 5.38. The first-order chi connectivity index (χ1) is 19.8. The van der Waals surface area contributed by atoms with Gasteiger partial charge in [0.1, 0.15) is 5.82 Å². The van der Waals surface area contributed by atoms with Crippen molar-refractivity contribution in [1.82, 2.24) is 15.4 Å². The molecular formula is C32H31N7O2. The number of nitrogens with one attached hydrogen (secondary N) is 3. The molecule has 1 heterocycles. The largest absolute Gasteiger partial charge is 0.378 e. The average molecular weight is 546 g/mol. The first-order valence-corrected chi connectivity index (χ1v) is 13.1. The Hall–Kier alpha value is -5.44. The Kier molecular flexibility index (Phi) is 7.78. The second-order valence-electron chi connectivity index (χ2n) is 9.98. The standard InChI is InChI=1S/C32H31N7O2/c1-38(2)26-13-8-22(9-14-26)31(40)34-25-12-17-28-29(19-25)36-30(35-28)24-7-5-6-21(18-24)20-33-37-32(41)23-10-15-27(16-11-23)39(3)4/h5-20H,1-4H3,(H,34,40)(H,35,36)(H,37,41). The molecule has 0 unspecified atom stereocenters. The van der Waals surface area contributed by atoms with Crippen LogP contribution in [0.5, 0.6) is 0 Å². The van der Waals surface area contributed by atoms with Crippen LogP contribution < -0.4 is 20.5 Å². The molecule has 0 aliphatic carbocycles. The van der Waals surface area contributed by atoms with Gasteiger partial charge >= 0.3 is 0 Å². The van der Waals surface area contributed by atoms with E-state index in [0.29, 0.717) is 22.6 Å². The summed E-state index contributed by atoms with van der Waals surface area (Å²) in [4.78, 5) is 37.2. The van der Waals surface area contributed by atoms with Crippen molar-refractivity contribution in [3.63, 3.8) is 0 Å². The molecule has 0 fully saturated rings.